The Morgan fingerprint density at radius 2 is 2.05 bits per heavy atom. The summed E-state index contributed by atoms with van der Waals surface area (Å²) in [5.74, 6) is 1.66. The number of aryl methyl sites for hydroxylation is 1. The molecule has 0 atom stereocenters. The lowest BCUT2D eigenvalue weighted by atomic mass is 10.2. The van der Waals surface area contributed by atoms with Crippen LogP contribution in [0.25, 0.3) is 5.69 Å². The summed E-state index contributed by atoms with van der Waals surface area (Å²) < 4.78 is 1.88. The van der Waals surface area contributed by atoms with Crippen LogP contribution in [0.15, 0.2) is 30.3 Å². The molecule has 0 bridgehead atoms. The van der Waals surface area contributed by atoms with Crippen molar-refractivity contribution in [3.05, 3.63) is 41.6 Å². The molecule has 0 radical (unpaired) electrons. The van der Waals surface area contributed by atoms with Crippen molar-refractivity contribution in [1.82, 2.24) is 9.78 Å². The third-order valence-corrected chi connectivity index (χ3v) is 3.79. The van der Waals surface area contributed by atoms with Crippen molar-refractivity contribution in [3.8, 4) is 5.69 Å². The lowest BCUT2D eigenvalue weighted by Gasteiger charge is -2.21. The van der Waals surface area contributed by atoms with Gasteiger partial charge in [0.2, 0.25) is 0 Å². The molecule has 0 spiro atoms. The number of carbonyl (C=O) groups excluding carboxylic acids is 1. The Morgan fingerprint density at radius 1 is 1.35 bits per heavy atom. The highest BCUT2D eigenvalue weighted by Crippen LogP contribution is 2.33. The minimum atomic E-state index is 0.692. The standard InChI is InChI=1S/C16H19N3O/c1-12-15(11-20)16(18(2)10-13-8-9-13)19(17-12)14-6-4-3-5-7-14/h3-7,11,13H,8-10H2,1-2H3. The van der Waals surface area contributed by atoms with Crippen LogP contribution >= 0.6 is 0 Å². The molecule has 104 valence electrons. The van der Waals surface area contributed by atoms with Gasteiger partial charge in [-0.05, 0) is 37.8 Å². The normalized spacial score (nSPS) is 14.3. The van der Waals surface area contributed by atoms with E-state index in [-0.39, 0.29) is 0 Å². The van der Waals surface area contributed by atoms with Gasteiger partial charge < -0.3 is 4.90 Å². The summed E-state index contributed by atoms with van der Waals surface area (Å²) in [6.45, 7) is 2.87. The molecule has 0 N–H and O–H groups in total. The number of aromatic nitrogens is 2. The zero-order valence-electron chi connectivity index (χ0n) is 11.9. The van der Waals surface area contributed by atoms with E-state index in [0.717, 1.165) is 35.9 Å². The molecule has 0 aliphatic heterocycles. The number of anilines is 1. The second kappa shape index (κ2) is 5.12. The van der Waals surface area contributed by atoms with Gasteiger partial charge in [0, 0.05) is 13.6 Å². The van der Waals surface area contributed by atoms with Crippen LogP contribution in [0.5, 0.6) is 0 Å². The highest BCUT2D eigenvalue weighted by molar-refractivity contribution is 5.85. The molecule has 1 heterocycles. The van der Waals surface area contributed by atoms with E-state index in [0.29, 0.717) is 5.56 Å². The SMILES string of the molecule is Cc1nn(-c2ccccc2)c(N(C)CC2CC2)c1C=O. The number of nitrogens with zero attached hydrogens (tertiary/aromatic N) is 3. The number of para-hydroxylation sites is 1. The topological polar surface area (TPSA) is 38.1 Å². The van der Waals surface area contributed by atoms with Gasteiger partial charge in [-0.2, -0.15) is 5.10 Å². The Morgan fingerprint density at radius 3 is 2.65 bits per heavy atom. The van der Waals surface area contributed by atoms with Crippen LogP contribution in [0.1, 0.15) is 28.9 Å². The number of rotatable bonds is 5. The lowest BCUT2D eigenvalue weighted by molar-refractivity contribution is 0.112. The van der Waals surface area contributed by atoms with Crippen molar-refractivity contribution in [3.63, 3.8) is 0 Å². The van der Waals surface area contributed by atoms with E-state index in [2.05, 4.69) is 10.00 Å². The molecule has 2 aromatic rings. The number of hydrogen-bond acceptors (Lipinski definition) is 3. The summed E-state index contributed by atoms with van der Waals surface area (Å²) in [6, 6.07) is 9.97. The molecule has 0 saturated heterocycles. The number of carbonyl (C=O) groups is 1. The smallest absolute Gasteiger partial charge is 0.155 e. The summed E-state index contributed by atoms with van der Waals surface area (Å²) in [6.07, 6.45) is 3.50. The van der Waals surface area contributed by atoms with Crippen LogP contribution in [0.4, 0.5) is 5.82 Å². The molecule has 0 amide bonds. The summed E-state index contributed by atoms with van der Waals surface area (Å²) in [7, 11) is 2.04. The summed E-state index contributed by atoms with van der Waals surface area (Å²) >= 11 is 0. The molecule has 20 heavy (non-hydrogen) atoms. The molecule has 1 aromatic heterocycles. The van der Waals surface area contributed by atoms with Gasteiger partial charge in [0.1, 0.15) is 5.82 Å². The number of aldehydes is 1. The summed E-state index contributed by atoms with van der Waals surface area (Å²) in [5, 5.41) is 4.54. The number of hydrogen-bond donors (Lipinski definition) is 0. The summed E-state index contributed by atoms with van der Waals surface area (Å²) in [5.41, 5.74) is 2.46. The molecule has 1 fully saturated rings. The van der Waals surface area contributed by atoms with E-state index in [1.54, 1.807) is 0 Å². The van der Waals surface area contributed by atoms with Gasteiger partial charge in [0.25, 0.3) is 0 Å². The largest absolute Gasteiger partial charge is 0.359 e. The molecule has 3 rings (SSSR count). The van der Waals surface area contributed by atoms with Crippen molar-refractivity contribution >= 4 is 12.1 Å². The van der Waals surface area contributed by atoms with Crippen LogP contribution in [-0.2, 0) is 0 Å². The van der Waals surface area contributed by atoms with E-state index >= 15 is 0 Å². The second-order valence-electron chi connectivity index (χ2n) is 5.51. The van der Waals surface area contributed by atoms with Crippen molar-refractivity contribution < 1.29 is 4.79 Å². The van der Waals surface area contributed by atoms with Gasteiger partial charge in [-0.25, -0.2) is 4.68 Å². The van der Waals surface area contributed by atoms with Crippen molar-refractivity contribution in [1.29, 1.82) is 0 Å². The molecule has 1 aliphatic carbocycles. The highest BCUT2D eigenvalue weighted by Gasteiger charge is 2.26. The average Bonchev–Trinajstić information content (AvgIpc) is 3.20. The first-order valence-corrected chi connectivity index (χ1v) is 7.02. The Hall–Kier alpha value is -2.10. The lowest BCUT2D eigenvalue weighted by Crippen LogP contribution is -2.24. The third-order valence-electron chi connectivity index (χ3n) is 3.79. The van der Waals surface area contributed by atoms with Crippen molar-refractivity contribution in [2.24, 2.45) is 5.92 Å². The van der Waals surface area contributed by atoms with Gasteiger partial charge >= 0.3 is 0 Å². The molecule has 1 aliphatic rings. The first-order chi connectivity index (χ1) is 9.70. The van der Waals surface area contributed by atoms with Gasteiger partial charge in [0.05, 0.1) is 16.9 Å². The zero-order valence-corrected chi connectivity index (χ0v) is 11.9. The fraction of sp³-hybridized carbons (Fsp3) is 0.375. The maximum atomic E-state index is 11.4. The van der Waals surface area contributed by atoms with Crippen LogP contribution in [-0.4, -0.2) is 29.7 Å². The molecular formula is C16H19N3O. The van der Waals surface area contributed by atoms with E-state index in [4.69, 9.17) is 0 Å². The zero-order chi connectivity index (χ0) is 14.1. The van der Waals surface area contributed by atoms with Crippen LogP contribution < -0.4 is 4.90 Å². The Balaban J connectivity index is 2.06. The molecule has 0 unspecified atom stereocenters. The Labute approximate surface area is 119 Å². The van der Waals surface area contributed by atoms with Crippen LogP contribution in [0, 0.1) is 12.8 Å². The third kappa shape index (κ3) is 2.33. The van der Waals surface area contributed by atoms with Gasteiger partial charge in [0.15, 0.2) is 6.29 Å². The monoisotopic (exact) mass is 269 g/mol. The van der Waals surface area contributed by atoms with E-state index in [9.17, 15) is 4.79 Å². The predicted molar refractivity (Wildman–Crippen MR) is 79.7 cm³/mol. The predicted octanol–water partition coefficient (Wildman–Crippen LogP) is 2.84. The fourth-order valence-electron chi connectivity index (χ4n) is 2.56. The average molecular weight is 269 g/mol. The first kappa shape index (κ1) is 12.9. The second-order valence-corrected chi connectivity index (χ2v) is 5.51. The maximum Gasteiger partial charge on any atom is 0.155 e. The van der Waals surface area contributed by atoms with E-state index in [1.165, 1.54) is 12.8 Å². The molecule has 1 aromatic carbocycles. The molecule has 4 nitrogen and oxygen atoms in total. The highest BCUT2D eigenvalue weighted by atomic mass is 16.1. The fourth-order valence-corrected chi connectivity index (χ4v) is 2.56. The van der Waals surface area contributed by atoms with Crippen molar-refractivity contribution in [2.75, 3.05) is 18.5 Å². The summed E-state index contributed by atoms with van der Waals surface area (Å²) in [4.78, 5) is 13.6. The minimum Gasteiger partial charge on any atom is -0.359 e. The van der Waals surface area contributed by atoms with Gasteiger partial charge in [-0.15, -0.1) is 0 Å². The van der Waals surface area contributed by atoms with Crippen molar-refractivity contribution in [2.45, 2.75) is 19.8 Å². The van der Waals surface area contributed by atoms with Crippen LogP contribution in [0.2, 0.25) is 0 Å². The molecular weight excluding hydrogens is 250 g/mol. The molecule has 1 saturated carbocycles. The van der Waals surface area contributed by atoms with Crippen LogP contribution in [0.3, 0.4) is 0 Å². The van der Waals surface area contributed by atoms with E-state index in [1.807, 2.05) is 49.0 Å². The Bertz CT molecular complexity index is 614. The molecule has 4 heteroatoms. The quantitative estimate of drug-likeness (QED) is 0.783. The number of benzene rings is 1. The van der Waals surface area contributed by atoms with E-state index < -0.39 is 0 Å². The minimum absolute atomic E-state index is 0.692. The Kier molecular flexibility index (Phi) is 3.30. The maximum absolute atomic E-state index is 11.4. The first-order valence-electron chi connectivity index (χ1n) is 7.02. The van der Waals surface area contributed by atoms with Gasteiger partial charge in [-0.1, -0.05) is 18.2 Å². The van der Waals surface area contributed by atoms with Gasteiger partial charge in [-0.3, -0.25) is 4.79 Å².